The first-order valence-corrected chi connectivity index (χ1v) is 6.79. The first-order valence-electron chi connectivity index (χ1n) is 6.79. The van der Waals surface area contributed by atoms with E-state index in [0.29, 0.717) is 11.3 Å². The Morgan fingerprint density at radius 1 is 1.09 bits per heavy atom. The zero-order chi connectivity index (χ0) is 16.5. The zero-order valence-corrected chi connectivity index (χ0v) is 13.0. The van der Waals surface area contributed by atoms with Crippen LogP contribution in [-0.2, 0) is 9.59 Å². The van der Waals surface area contributed by atoms with Crippen LogP contribution in [0, 0.1) is 0 Å². The fourth-order valence-electron chi connectivity index (χ4n) is 2.13. The van der Waals surface area contributed by atoms with Crippen molar-refractivity contribution < 1.29 is 19.1 Å². The van der Waals surface area contributed by atoms with Gasteiger partial charge in [-0.2, -0.15) is 0 Å². The number of urea groups is 1. The van der Waals surface area contributed by atoms with E-state index in [1.807, 2.05) is 0 Å². The number of methoxy groups -OCH3 is 1. The lowest BCUT2D eigenvalue weighted by molar-refractivity contribution is -0.133. The molecule has 0 aliphatic carbocycles. The number of carbonyl (C=O) groups excluding carboxylic acids is 3. The van der Waals surface area contributed by atoms with E-state index in [4.69, 9.17) is 4.74 Å². The van der Waals surface area contributed by atoms with Crippen LogP contribution >= 0.6 is 0 Å². The van der Waals surface area contributed by atoms with Crippen molar-refractivity contribution in [2.75, 3.05) is 7.11 Å². The number of carbonyl (C=O) groups is 3. The van der Waals surface area contributed by atoms with Gasteiger partial charge in [-0.1, -0.05) is 12.1 Å². The van der Waals surface area contributed by atoms with Crippen LogP contribution in [0.3, 0.4) is 0 Å². The van der Waals surface area contributed by atoms with Gasteiger partial charge in [-0.3, -0.25) is 19.8 Å². The summed E-state index contributed by atoms with van der Waals surface area (Å²) >= 11 is 0. The van der Waals surface area contributed by atoms with Crippen molar-refractivity contribution in [3.63, 3.8) is 0 Å². The first-order chi connectivity index (χ1) is 10.2. The normalized spacial score (nSPS) is 17.7. The molecule has 1 aliphatic rings. The highest BCUT2D eigenvalue weighted by atomic mass is 16.5. The molecule has 1 heterocycles. The number of ether oxygens (including phenoxy) is 1. The number of imide groups is 2. The molecular formula is C16H18N2O4. The number of nitrogens with one attached hydrogen (secondary N) is 1. The van der Waals surface area contributed by atoms with Crippen LogP contribution < -0.4 is 10.1 Å². The molecule has 22 heavy (non-hydrogen) atoms. The molecule has 1 aromatic carbocycles. The standard InChI is InChI=1S/C16H18N2O4/c1-16(2,3)18-14(20)12(13(19)17-15(18)21)9-10-5-7-11(22-4)8-6-10/h5-9H,1-4H3,(H,17,19,21)/b12-9+. The average molecular weight is 302 g/mol. The van der Waals surface area contributed by atoms with Gasteiger partial charge < -0.3 is 4.74 Å². The average Bonchev–Trinajstić information content (AvgIpc) is 2.42. The van der Waals surface area contributed by atoms with Gasteiger partial charge in [-0.05, 0) is 44.5 Å². The lowest BCUT2D eigenvalue weighted by Crippen LogP contribution is -2.60. The zero-order valence-electron chi connectivity index (χ0n) is 13.0. The molecule has 1 saturated heterocycles. The third-order valence-electron chi connectivity index (χ3n) is 3.20. The monoisotopic (exact) mass is 302 g/mol. The van der Waals surface area contributed by atoms with E-state index in [-0.39, 0.29) is 5.57 Å². The van der Waals surface area contributed by atoms with Crippen LogP contribution in [0.1, 0.15) is 26.3 Å². The SMILES string of the molecule is COc1ccc(/C=C2\C(=O)NC(=O)N(C(C)(C)C)C2=O)cc1. The summed E-state index contributed by atoms with van der Waals surface area (Å²) in [5.74, 6) is -0.614. The molecule has 1 aliphatic heterocycles. The second-order valence-electron chi connectivity index (χ2n) is 5.90. The summed E-state index contributed by atoms with van der Waals surface area (Å²) in [5, 5.41) is 2.19. The van der Waals surface area contributed by atoms with Crippen molar-refractivity contribution >= 4 is 23.9 Å². The summed E-state index contributed by atoms with van der Waals surface area (Å²) in [6.45, 7) is 5.18. The minimum absolute atomic E-state index is 0.0697. The Balaban J connectivity index is 2.39. The van der Waals surface area contributed by atoms with Gasteiger partial charge in [0.2, 0.25) is 0 Å². The van der Waals surface area contributed by atoms with Gasteiger partial charge in [0.1, 0.15) is 11.3 Å². The quantitative estimate of drug-likeness (QED) is 0.669. The van der Waals surface area contributed by atoms with Crippen LogP contribution in [0.15, 0.2) is 29.8 Å². The van der Waals surface area contributed by atoms with Crippen molar-refractivity contribution in [3.8, 4) is 5.75 Å². The molecule has 6 heteroatoms. The van der Waals surface area contributed by atoms with Gasteiger partial charge in [-0.15, -0.1) is 0 Å². The minimum atomic E-state index is -0.721. The molecule has 4 amide bonds. The van der Waals surface area contributed by atoms with E-state index in [0.717, 1.165) is 4.90 Å². The number of hydrogen-bond acceptors (Lipinski definition) is 4. The van der Waals surface area contributed by atoms with Gasteiger partial charge in [0.05, 0.1) is 7.11 Å². The molecule has 116 valence electrons. The van der Waals surface area contributed by atoms with Gasteiger partial charge >= 0.3 is 6.03 Å². The number of nitrogens with zero attached hydrogens (tertiary/aromatic N) is 1. The molecule has 0 bridgehead atoms. The highest BCUT2D eigenvalue weighted by Crippen LogP contribution is 2.22. The van der Waals surface area contributed by atoms with E-state index < -0.39 is 23.4 Å². The van der Waals surface area contributed by atoms with Gasteiger partial charge in [-0.25, -0.2) is 4.79 Å². The number of hydrogen-bond donors (Lipinski definition) is 1. The van der Waals surface area contributed by atoms with Crippen LogP contribution in [0.4, 0.5) is 4.79 Å². The van der Waals surface area contributed by atoms with Crippen molar-refractivity contribution in [1.29, 1.82) is 0 Å². The highest BCUT2D eigenvalue weighted by molar-refractivity contribution is 6.31. The Morgan fingerprint density at radius 3 is 2.18 bits per heavy atom. The summed E-state index contributed by atoms with van der Waals surface area (Å²) in [4.78, 5) is 37.3. The van der Waals surface area contributed by atoms with E-state index in [9.17, 15) is 14.4 Å². The Bertz CT molecular complexity index is 654. The Hall–Kier alpha value is -2.63. The molecule has 0 aromatic heterocycles. The summed E-state index contributed by atoms with van der Waals surface area (Å²) in [5.41, 5.74) is -0.122. The first kappa shape index (κ1) is 15.8. The van der Waals surface area contributed by atoms with E-state index >= 15 is 0 Å². The summed E-state index contributed by atoms with van der Waals surface area (Å²) in [6.07, 6.45) is 1.46. The molecule has 0 radical (unpaired) electrons. The fraction of sp³-hybridized carbons (Fsp3) is 0.312. The maximum absolute atomic E-state index is 12.5. The maximum Gasteiger partial charge on any atom is 0.331 e. The van der Waals surface area contributed by atoms with Gasteiger partial charge in [0, 0.05) is 5.54 Å². The number of barbiturate groups is 1. The molecule has 1 N–H and O–H groups in total. The van der Waals surface area contributed by atoms with E-state index in [1.165, 1.54) is 6.08 Å². The third kappa shape index (κ3) is 3.00. The number of amides is 4. The van der Waals surface area contributed by atoms with Crippen molar-refractivity contribution in [2.45, 2.75) is 26.3 Å². The lowest BCUT2D eigenvalue weighted by Gasteiger charge is -2.36. The fourth-order valence-corrected chi connectivity index (χ4v) is 2.13. The third-order valence-corrected chi connectivity index (χ3v) is 3.20. The Morgan fingerprint density at radius 2 is 1.68 bits per heavy atom. The predicted molar refractivity (Wildman–Crippen MR) is 81.1 cm³/mol. The molecule has 1 aromatic rings. The summed E-state index contributed by atoms with van der Waals surface area (Å²) in [6, 6.07) is 6.21. The highest BCUT2D eigenvalue weighted by Gasteiger charge is 2.41. The van der Waals surface area contributed by atoms with Gasteiger partial charge in [0.15, 0.2) is 0 Å². The molecule has 1 fully saturated rings. The lowest BCUT2D eigenvalue weighted by atomic mass is 10.0. The minimum Gasteiger partial charge on any atom is -0.497 e. The number of benzene rings is 1. The van der Waals surface area contributed by atoms with Crippen molar-refractivity contribution in [3.05, 3.63) is 35.4 Å². The van der Waals surface area contributed by atoms with Crippen molar-refractivity contribution in [1.82, 2.24) is 10.2 Å². The Labute approximate surface area is 128 Å². The topological polar surface area (TPSA) is 75.7 Å². The maximum atomic E-state index is 12.5. The molecule has 0 saturated carbocycles. The van der Waals surface area contributed by atoms with Crippen LogP contribution in [0.25, 0.3) is 6.08 Å². The smallest absolute Gasteiger partial charge is 0.331 e. The van der Waals surface area contributed by atoms with Crippen LogP contribution in [-0.4, -0.2) is 35.4 Å². The van der Waals surface area contributed by atoms with E-state index in [2.05, 4.69) is 5.32 Å². The summed E-state index contributed by atoms with van der Waals surface area (Å²) in [7, 11) is 1.55. The van der Waals surface area contributed by atoms with E-state index in [1.54, 1.807) is 52.1 Å². The second-order valence-corrected chi connectivity index (χ2v) is 5.90. The predicted octanol–water partition coefficient (Wildman–Crippen LogP) is 1.96. The molecule has 0 unspecified atom stereocenters. The second kappa shape index (κ2) is 5.63. The van der Waals surface area contributed by atoms with Crippen molar-refractivity contribution in [2.24, 2.45) is 0 Å². The van der Waals surface area contributed by atoms with Crippen LogP contribution in [0.2, 0.25) is 0 Å². The molecular weight excluding hydrogens is 284 g/mol. The number of rotatable bonds is 2. The largest absolute Gasteiger partial charge is 0.497 e. The molecule has 0 spiro atoms. The molecule has 0 atom stereocenters. The summed E-state index contributed by atoms with van der Waals surface area (Å²) < 4.78 is 5.06. The Kier molecular flexibility index (Phi) is 4.03. The molecule has 2 rings (SSSR count). The molecule has 6 nitrogen and oxygen atoms in total. The van der Waals surface area contributed by atoms with Gasteiger partial charge in [0.25, 0.3) is 11.8 Å². The van der Waals surface area contributed by atoms with Crippen LogP contribution in [0.5, 0.6) is 5.75 Å².